The van der Waals surface area contributed by atoms with Crippen molar-refractivity contribution in [1.29, 1.82) is 0 Å². The molecular weight excluding hydrogens is 271 g/mol. The summed E-state index contributed by atoms with van der Waals surface area (Å²) in [6.45, 7) is 3.74. The second kappa shape index (κ2) is 6.74. The van der Waals surface area contributed by atoms with E-state index in [-0.39, 0.29) is 18.0 Å². The summed E-state index contributed by atoms with van der Waals surface area (Å²) in [5.41, 5.74) is 0.910. The van der Waals surface area contributed by atoms with Gasteiger partial charge in [0.15, 0.2) is 0 Å². The normalized spacial score (nSPS) is 13.5. The second-order valence-corrected chi connectivity index (χ2v) is 5.05. The van der Waals surface area contributed by atoms with Crippen LogP contribution in [-0.2, 0) is 6.54 Å². The van der Waals surface area contributed by atoms with Crippen molar-refractivity contribution < 1.29 is 23.1 Å². The Morgan fingerprint density at radius 2 is 1.80 bits per heavy atom. The number of benzene rings is 1. The first-order chi connectivity index (χ1) is 9.19. The van der Waals surface area contributed by atoms with E-state index in [4.69, 9.17) is 5.11 Å². The van der Waals surface area contributed by atoms with Gasteiger partial charge in [0.2, 0.25) is 0 Å². The Morgan fingerprint density at radius 3 is 2.20 bits per heavy atom. The molecule has 0 aliphatic heterocycles. The molecule has 0 bridgehead atoms. The standard InChI is InChI=1S/C14H18F3NO2/c1-9(2)12(7-14(15,16)17)18-8-10-3-5-11(6-4-10)13(19)20/h3-6,9,12,18H,7-8H2,1-2H3,(H,19,20). The van der Waals surface area contributed by atoms with Gasteiger partial charge in [-0.15, -0.1) is 0 Å². The van der Waals surface area contributed by atoms with Crippen molar-refractivity contribution in [2.45, 2.75) is 39.0 Å². The third-order valence-corrected chi connectivity index (χ3v) is 3.03. The third kappa shape index (κ3) is 5.61. The summed E-state index contributed by atoms with van der Waals surface area (Å²) in [5, 5.41) is 11.6. The predicted molar refractivity (Wildman–Crippen MR) is 69.5 cm³/mol. The maximum Gasteiger partial charge on any atom is 0.390 e. The van der Waals surface area contributed by atoms with Crippen LogP contribution in [0.5, 0.6) is 0 Å². The van der Waals surface area contributed by atoms with Gasteiger partial charge in [-0.3, -0.25) is 0 Å². The quantitative estimate of drug-likeness (QED) is 0.843. The zero-order valence-electron chi connectivity index (χ0n) is 11.4. The molecule has 0 saturated carbocycles. The maximum absolute atomic E-state index is 12.4. The zero-order chi connectivity index (χ0) is 15.3. The molecule has 0 aromatic heterocycles. The SMILES string of the molecule is CC(C)C(CC(F)(F)F)NCc1ccc(C(=O)O)cc1. The average molecular weight is 289 g/mol. The van der Waals surface area contributed by atoms with Crippen LogP contribution in [0.25, 0.3) is 0 Å². The molecule has 1 rings (SSSR count). The second-order valence-electron chi connectivity index (χ2n) is 5.05. The molecule has 3 nitrogen and oxygen atoms in total. The molecular formula is C14H18F3NO2. The van der Waals surface area contributed by atoms with Gasteiger partial charge in [-0.2, -0.15) is 13.2 Å². The number of hydrogen-bond donors (Lipinski definition) is 2. The maximum atomic E-state index is 12.4. The number of carbonyl (C=O) groups is 1. The lowest BCUT2D eigenvalue weighted by Crippen LogP contribution is -2.37. The molecule has 0 saturated heterocycles. The minimum atomic E-state index is -4.20. The van der Waals surface area contributed by atoms with E-state index in [0.717, 1.165) is 5.56 Å². The molecule has 1 unspecified atom stereocenters. The number of alkyl halides is 3. The Morgan fingerprint density at radius 1 is 1.25 bits per heavy atom. The van der Waals surface area contributed by atoms with Crippen molar-refractivity contribution in [3.63, 3.8) is 0 Å². The topological polar surface area (TPSA) is 49.3 Å². The Bertz CT molecular complexity index is 441. The van der Waals surface area contributed by atoms with E-state index in [0.29, 0.717) is 0 Å². The number of carboxylic acids is 1. The summed E-state index contributed by atoms with van der Waals surface area (Å²) in [6.07, 6.45) is -5.08. The van der Waals surface area contributed by atoms with E-state index in [2.05, 4.69) is 5.32 Å². The molecule has 0 amide bonds. The van der Waals surface area contributed by atoms with Crippen molar-refractivity contribution in [2.24, 2.45) is 5.92 Å². The fourth-order valence-corrected chi connectivity index (χ4v) is 1.81. The summed E-state index contributed by atoms with van der Waals surface area (Å²) in [4.78, 5) is 10.7. The van der Waals surface area contributed by atoms with Gasteiger partial charge >= 0.3 is 12.1 Å². The molecule has 112 valence electrons. The summed E-state index contributed by atoms with van der Waals surface area (Å²) >= 11 is 0. The van der Waals surface area contributed by atoms with E-state index < -0.39 is 24.6 Å². The third-order valence-electron chi connectivity index (χ3n) is 3.03. The molecule has 0 heterocycles. The molecule has 0 spiro atoms. The highest BCUT2D eigenvalue weighted by Gasteiger charge is 2.32. The summed E-state index contributed by atoms with van der Waals surface area (Å²) in [6, 6.07) is 5.42. The number of rotatable bonds is 6. The van der Waals surface area contributed by atoms with Gasteiger partial charge in [0, 0.05) is 12.6 Å². The van der Waals surface area contributed by atoms with Crippen LogP contribution in [0.4, 0.5) is 13.2 Å². The highest BCUT2D eigenvalue weighted by molar-refractivity contribution is 5.87. The van der Waals surface area contributed by atoms with E-state index >= 15 is 0 Å². The molecule has 6 heteroatoms. The van der Waals surface area contributed by atoms with Gasteiger partial charge in [-0.1, -0.05) is 26.0 Å². The molecule has 1 atom stereocenters. The van der Waals surface area contributed by atoms with Crippen LogP contribution >= 0.6 is 0 Å². The number of carboxylic acid groups (broad SMARTS) is 1. The zero-order valence-corrected chi connectivity index (χ0v) is 11.4. The van der Waals surface area contributed by atoms with Crippen LogP contribution in [0.2, 0.25) is 0 Å². The van der Waals surface area contributed by atoms with Crippen LogP contribution in [0.1, 0.15) is 36.2 Å². The van der Waals surface area contributed by atoms with Crippen LogP contribution in [0, 0.1) is 5.92 Å². The molecule has 0 radical (unpaired) electrons. The molecule has 1 aromatic carbocycles. The number of halogens is 3. The first-order valence-electron chi connectivity index (χ1n) is 6.31. The molecule has 1 aromatic rings. The summed E-state index contributed by atoms with van der Waals surface area (Å²) in [5.74, 6) is -1.17. The van der Waals surface area contributed by atoms with E-state index in [1.54, 1.807) is 26.0 Å². The fourth-order valence-electron chi connectivity index (χ4n) is 1.81. The van der Waals surface area contributed by atoms with E-state index in [1.165, 1.54) is 12.1 Å². The first kappa shape index (κ1) is 16.5. The van der Waals surface area contributed by atoms with Crippen molar-refractivity contribution in [3.05, 3.63) is 35.4 Å². The molecule has 0 aliphatic rings. The number of aromatic carboxylic acids is 1. The fraction of sp³-hybridized carbons (Fsp3) is 0.500. The average Bonchev–Trinajstić information content (AvgIpc) is 2.33. The van der Waals surface area contributed by atoms with Crippen LogP contribution in [0.3, 0.4) is 0 Å². The lowest BCUT2D eigenvalue weighted by atomic mass is 10.00. The largest absolute Gasteiger partial charge is 0.478 e. The lowest BCUT2D eigenvalue weighted by Gasteiger charge is -2.23. The minimum absolute atomic E-state index is 0.144. The van der Waals surface area contributed by atoms with Gasteiger partial charge in [0.05, 0.1) is 12.0 Å². The molecule has 0 fully saturated rings. The van der Waals surface area contributed by atoms with Crippen LogP contribution < -0.4 is 5.32 Å². The molecule has 0 aliphatic carbocycles. The highest BCUT2D eigenvalue weighted by atomic mass is 19.4. The number of hydrogen-bond acceptors (Lipinski definition) is 2. The molecule has 2 N–H and O–H groups in total. The summed E-state index contributed by atoms with van der Waals surface area (Å²) < 4.78 is 37.3. The Hall–Kier alpha value is -1.56. The van der Waals surface area contributed by atoms with Crippen LogP contribution in [0.15, 0.2) is 24.3 Å². The summed E-state index contributed by atoms with van der Waals surface area (Å²) in [7, 11) is 0. The predicted octanol–water partition coefficient (Wildman–Crippen LogP) is 3.45. The number of nitrogens with one attached hydrogen (secondary N) is 1. The van der Waals surface area contributed by atoms with Gasteiger partial charge in [0.1, 0.15) is 0 Å². The van der Waals surface area contributed by atoms with E-state index in [9.17, 15) is 18.0 Å². The Labute approximate surface area is 115 Å². The molecule has 20 heavy (non-hydrogen) atoms. The lowest BCUT2D eigenvalue weighted by molar-refractivity contribution is -0.142. The minimum Gasteiger partial charge on any atom is -0.478 e. The van der Waals surface area contributed by atoms with Crippen molar-refractivity contribution in [3.8, 4) is 0 Å². The smallest absolute Gasteiger partial charge is 0.390 e. The van der Waals surface area contributed by atoms with Crippen molar-refractivity contribution in [1.82, 2.24) is 5.32 Å². The monoisotopic (exact) mass is 289 g/mol. The highest BCUT2D eigenvalue weighted by Crippen LogP contribution is 2.24. The van der Waals surface area contributed by atoms with Crippen molar-refractivity contribution in [2.75, 3.05) is 0 Å². The van der Waals surface area contributed by atoms with Gasteiger partial charge in [0.25, 0.3) is 0 Å². The van der Waals surface area contributed by atoms with Crippen molar-refractivity contribution >= 4 is 5.97 Å². The van der Waals surface area contributed by atoms with E-state index in [1.807, 2.05) is 0 Å². The van der Waals surface area contributed by atoms with Gasteiger partial charge < -0.3 is 10.4 Å². The van der Waals surface area contributed by atoms with Gasteiger partial charge in [-0.05, 0) is 23.6 Å². The van der Waals surface area contributed by atoms with Gasteiger partial charge in [-0.25, -0.2) is 4.79 Å². The Balaban J connectivity index is 2.61. The first-order valence-corrected chi connectivity index (χ1v) is 6.31. The Kier molecular flexibility index (Phi) is 5.56. The van der Waals surface area contributed by atoms with Crippen LogP contribution in [-0.4, -0.2) is 23.3 Å².